The van der Waals surface area contributed by atoms with E-state index < -0.39 is 15.1 Å². The van der Waals surface area contributed by atoms with Gasteiger partial charge in [0.25, 0.3) is 0 Å². The van der Waals surface area contributed by atoms with Gasteiger partial charge in [-0.25, -0.2) is 8.42 Å². The maximum atomic E-state index is 12.8. The lowest BCUT2D eigenvalue weighted by molar-refractivity contribution is -0.130. The first-order valence-electron chi connectivity index (χ1n) is 8.68. The maximum Gasteiger partial charge on any atom is 0.235 e. The van der Waals surface area contributed by atoms with Crippen LogP contribution in [0.2, 0.25) is 0 Å². The van der Waals surface area contributed by atoms with Crippen LogP contribution in [0.15, 0.2) is 23.4 Å². The van der Waals surface area contributed by atoms with Crippen molar-refractivity contribution in [3.8, 4) is 5.69 Å². The van der Waals surface area contributed by atoms with Crippen molar-refractivity contribution < 1.29 is 13.2 Å². The minimum Gasteiger partial charge on any atom is -0.341 e. The van der Waals surface area contributed by atoms with Crippen LogP contribution in [0.5, 0.6) is 0 Å². The number of aryl methyl sites for hydroxylation is 2. The van der Waals surface area contributed by atoms with Crippen LogP contribution < -0.4 is 0 Å². The quantitative estimate of drug-likeness (QED) is 0.689. The topological polar surface area (TPSA) is 98.1 Å². The number of hydrogen-bond donors (Lipinski definition) is 0. The van der Waals surface area contributed by atoms with Gasteiger partial charge in [0.1, 0.15) is 0 Å². The number of aromatic nitrogens is 4. The van der Waals surface area contributed by atoms with E-state index in [4.69, 9.17) is 0 Å². The fourth-order valence-electron chi connectivity index (χ4n) is 3.20. The summed E-state index contributed by atoms with van der Waals surface area (Å²) < 4.78 is 25.0. The molecule has 0 aliphatic carbocycles. The average Bonchev–Trinajstić information content (AvgIpc) is 3.19. The predicted molar refractivity (Wildman–Crippen MR) is 104 cm³/mol. The molecule has 1 fully saturated rings. The Balaban J connectivity index is 1.74. The molecule has 146 valence electrons. The van der Waals surface area contributed by atoms with Crippen molar-refractivity contribution in [1.29, 1.82) is 0 Å². The number of benzene rings is 1. The van der Waals surface area contributed by atoms with Crippen molar-refractivity contribution >= 4 is 27.5 Å². The van der Waals surface area contributed by atoms with Crippen molar-refractivity contribution in [3.05, 3.63) is 29.3 Å². The van der Waals surface area contributed by atoms with Gasteiger partial charge >= 0.3 is 0 Å². The van der Waals surface area contributed by atoms with Crippen molar-refractivity contribution in [2.24, 2.45) is 0 Å². The minimum atomic E-state index is -3.04. The highest BCUT2D eigenvalue weighted by atomic mass is 32.2. The van der Waals surface area contributed by atoms with Gasteiger partial charge < -0.3 is 4.90 Å². The number of carbonyl (C=O) groups excluding carboxylic acids is 1. The number of tetrazole rings is 1. The maximum absolute atomic E-state index is 12.8. The SMILES string of the molecule is Cc1ccc(-n2nnnc2S[C@@H](C)C(=O)N(C)[C@@H]2CCS(=O)(=O)C2)c(C)c1. The van der Waals surface area contributed by atoms with Crippen molar-refractivity contribution in [2.75, 3.05) is 18.6 Å². The van der Waals surface area contributed by atoms with Crippen LogP contribution in [0.4, 0.5) is 0 Å². The summed E-state index contributed by atoms with van der Waals surface area (Å²) in [6.45, 7) is 5.79. The van der Waals surface area contributed by atoms with Crippen molar-refractivity contribution in [2.45, 2.75) is 43.6 Å². The zero-order valence-corrected chi connectivity index (χ0v) is 17.4. The summed E-state index contributed by atoms with van der Waals surface area (Å²) in [7, 11) is -1.37. The average molecular weight is 410 g/mol. The number of nitrogens with zero attached hydrogens (tertiary/aromatic N) is 5. The Hall–Kier alpha value is -1.94. The lowest BCUT2D eigenvalue weighted by Gasteiger charge is -2.26. The van der Waals surface area contributed by atoms with Gasteiger partial charge in [-0.1, -0.05) is 29.5 Å². The van der Waals surface area contributed by atoms with E-state index in [0.717, 1.165) is 16.8 Å². The van der Waals surface area contributed by atoms with E-state index in [0.29, 0.717) is 11.6 Å². The molecule has 0 spiro atoms. The molecule has 1 aromatic carbocycles. The van der Waals surface area contributed by atoms with Gasteiger partial charge in [0.05, 0.1) is 22.4 Å². The van der Waals surface area contributed by atoms with Crippen LogP contribution in [0.3, 0.4) is 0 Å². The highest BCUT2D eigenvalue weighted by Gasteiger charge is 2.34. The van der Waals surface area contributed by atoms with Gasteiger partial charge in [-0.15, -0.1) is 5.10 Å². The number of thioether (sulfide) groups is 1. The van der Waals surface area contributed by atoms with E-state index in [-0.39, 0.29) is 23.5 Å². The molecule has 2 atom stereocenters. The largest absolute Gasteiger partial charge is 0.341 e. The summed E-state index contributed by atoms with van der Waals surface area (Å²) >= 11 is 1.27. The number of amides is 1. The molecule has 0 radical (unpaired) electrons. The molecule has 3 rings (SSSR count). The zero-order valence-electron chi connectivity index (χ0n) is 15.8. The number of rotatable bonds is 5. The van der Waals surface area contributed by atoms with E-state index in [1.54, 1.807) is 23.6 Å². The van der Waals surface area contributed by atoms with Crippen LogP contribution in [0.25, 0.3) is 5.69 Å². The van der Waals surface area contributed by atoms with Gasteiger partial charge in [0.2, 0.25) is 11.1 Å². The number of hydrogen-bond acceptors (Lipinski definition) is 7. The van der Waals surface area contributed by atoms with Crippen LogP contribution in [0.1, 0.15) is 24.5 Å². The van der Waals surface area contributed by atoms with Crippen molar-refractivity contribution in [3.63, 3.8) is 0 Å². The molecule has 10 heteroatoms. The molecule has 8 nitrogen and oxygen atoms in total. The Morgan fingerprint density at radius 2 is 2.11 bits per heavy atom. The molecule has 0 saturated carbocycles. The van der Waals surface area contributed by atoms with Crippen LogP contribution in [0, 0.1) is 13.8 Å². The zero-order chi connectivity index (χ0) is 19.8. The Labute approximate surface area is 163 Å². The summed E-state index contributed by atoms with van der Waals surface area (Å²) in [5.74, 6) is 0.0478. The Bertz CT molecular complexity index is 957. The van der Waals surface area contributed by atoms with E-state index >= 15 is 0 Å². The summed E-state index contributed by atoms with van der Waals surface area (Å²) in [6.07, 6.45) is 0.488. The second kappa shape index (κ2) is 7.59. The monoisotopic (exact) mass is 409 g/mol. The normalized spacial score (nSPS) is 19.8. The fourth-order valence-corrected chi connectivity index (χ4v) is 5.88. The first-order chi connectivity index (χ1) is 12.7. The molecule has 0 bridgehead atoms. The third kappa shape index (κ3) is 4.32. The van der Waals surface area contributed by atoms with Crippen LogP contribution >= 0.6 is 11.8 Å². The Kier molecular flexibility index (Phi) is 5.57. The van der Waals surface area contributed by atoms with Gasteiger partial charge in [-0.05, 0) is 49.2 Å². The predicted octanol–water partition coefficient (Wildman–Crippen LogP) is 1.41. The first kappa shape index (κ1) is 19.8. The molecule has 0 N–H and O–H groups in total. The lowest BCUT2D eigenvalue weighted by atomic mass is 10.1. The van der Waals surface area contributed by atoms with Crippen molar-refractivity contribution in [1.82, 2.24) is 25.1 Å². The standard InChI is InChI=1S/C17H23N5O3S2/c1-11-5-6-15(12(2)9-11)22-17(18-19-20-22)26-13(3)16(23)21(4)14-7-8-27(24,25)10-14/h5-6,9,13-14H,7-8,10H2,1-4H3/t13-,14+/m0/s1. The highest BCUT2D eigenvalue weighted by molar-refractivity contribution is 8.00. The fraction of sp³-hybridized carbons (Fsp3) is 0.529. The lowest BCUT2D eigenvalue weighted by Crippen LogP contribution is -2.41. The van der Waals surface area contributed by atoms with Gasteiger partial charge in [0, 0.05) is 13.1 Å². The third-order valence-corrected chi connectivity index (χ3v) is 7.53. The molecular formula is C17H23N5O3S2. The van der Waals surface area contributed by atoms with Gasteiger partial charge in [0.15, 0.2) is 9.84 Å². The van der Waals surface area contributed by atoms with E-state index in [9.17, 15) is 13.2 Å². The Morgan fingerprint density at radius 1 is 1.37 bits per heavy atom. The molecule has 1 aliphatic heterocycles. The second-order valence-electron chi connectivity index (χ2n) is 6.93. The number of sulfone groups is 1. The Morgan fingerprint density at radius 3 is 2.74 bits per heavy atom. The highest BCUT2D eigenvalue weighted by Crippen LogP contribution is 2.27. The molecule has 1 aromatic heterocycles. The molecule has 1 saturated heterocycles. The summed E-state index contributed by atoms with van der Waals surface area (Å²) in [6, 6.07) is 5.73. The summed E-state index contributed by atoms with van der Waals surface area (Å²) in [5, 5.41) is 12.0. The number of carbonyl (C=O) groups is 1. The molecule has 27 heavy (non-hydrogen) atoms. The van der Waals surface area contributed by atoms with Crippen LogP contribution in [-0.2, 0) is 14.6 Å². The minimum absolute atomic E-state index is 0.0346. The molecular weight excluding hydrogens is 386 g/mol. The van der Waals surface area contributed by atoms with E-state index in [1.807, 2.05) is 32.0 Å². The molecule has 1 aliphatic rings. The second-order valence-corrected chi connectivity index (χ2v) is 10.5. The van der Waals surface area contributed by atoms with Gasteiger partial charge in [-0.3, -0.25) is 4.79 Å². The summed E-state index contributed by atoms with van der Waals surface area (Å²) in [4.78, 5) is 14.3. The molecule has 1 amide bonds. The third-order valence-electron chi connectivity index (χ3n) is 4.76. The molecule has 0 unspecified atom stereocenters. The smallest absolute Gasteiger partial charge is 0.235 e. The van der Waals surface area contributed by atoms with Gasteiger partial charge in [-0.2, -0.15) is 4.68 Å². The summed E-state index contributed by atoms with van der Waals surface area (Å²) in [5.41, 5.74) is 3.05. The molecule has 2 heterocycles. The van der Waals surface area contributed by atoms with Crippen LogP contribution in [-0.4, -0.2) is 69.3 Å². The first-order valence-corrected chi connectivity index (χ1v) is 11.4. The molecule has 2 aromatic rings. The van der Waals surface area contributed by atoms with E-state index in [1.165, 1.54) is 11.8 Å². The van der Waals surface area contributed by atoms with E-state index in [2.05, 4.69) is 15.5 Å².